The molecule has 2 aliphatic rings. The standard InChI is InChI=1S/C13H22BNS/c1-13(14)7-3-4-11-10(5-8-13)6-9-15(2)12(11)16/h10-11H,3-9H2,1-2H3. The summed E-state index contributed by atoms with van der Waals surface area (Å²) in [6.45, 7) is 3.35. The number of thiocarbonyl (C=S) groups is 1. The molecule has 1 nitrogen and oxygen atoms in total. The molecule has 2 radical (unpaired) electrons. The van der Waals surface area contributed by atoms with Crippen molar-refractivity contribution < 1.29 is 0 Å². The Morgan fingerprint density at radius 2 is 2.06 bits per heavy atom. The lowest BCUT2D eigenvalue weighted by molar-refractivity contribution is 0.225. The van der Waals surface area contributed by atoms with Gasteiger partial charge in [-0.3, -0.25) is 0 Å². The van der Waals surface area contributed by atoms with Crippen LogP contribution in [0.15, 0.2) is 0 Å². The fourth-order valence-corrected chi connectivity index (χ4v) is 3.63. The van der Waals surface area contributed by atoms with Gasteiger partial charge in [0.1, 0.15) is 0 Å². The number of fused-ring (bicyclic) bond motifs is 1. The molecule has 16 heavy (non-hydrogen) atoms. The van der Waals surface area contributed by atoms with Gasteiger partial charge >= 0.3 is 0 Å². The number of piperidine rings is 1. The van der Waals surface area contributed by atoms with E-state index in [1.165, 1.54) is 37.1 Å². The van der Waals surface area contributed by atoms with Crippen molar-refractivity contribution in [2.45, 2.75) is 50.8 Å². The van der Waals surface area contributed by atoms with Crippen molar-refractivity contribution >= 4 is 25.1 Å². The van der Waals surface area contributed by atoms with E-state index in [2.05, 4.69) is 18.9 Å². The molecule has 3 unspecified atom stereocenters. The highest BCUT2D eigenvalue weighted by atomic mass is 32.1. The molecule has 0 N–H and O–H groups in total. The van der Waals surface area contributed by atoms with Crippen molar-refractivity contribution in [2.75, 3.05) is 13.6 Å². The van der Waals surface area contributed by atoms with Crippen LogP contribution in [0.4, 0.5) is 0 Å². The van der Waals surface area contributed by atoms with E-state index in [0.717, 1.165) is 18.9 Å². The Labute approximate surface area is 106 Å². The van der Waals surface area contributed by atoms with Crippen LogP contribution in [0.5, 0.6) is 0 Å². The SMILES string of the molecule is [B]C1(C)CCCC2C(=S)N(C)CCC2CC1. The van der Waals surface area contributed by atoms with Gasteiger partial charge in [0.15, 0.2) is 0 Å². The first-order valence-corrected chi connectivity index (χ1v) is 6.94. The van der Waals surface area contributed by atoms with E-state index in [4.69, 9.17) is 20.1 Å². The molecule has 1 saturated carbocycles. The van der Waals surface area contributed by atoms with Crippen molar-refractivity contribution in [3.8, 4) is 0 Å². The molecule has 1 saturated heterocycles. The first-order valence-electron chi connectivity index (χ1n) is 6.53. The highest BCUT2D eigenvalue weighted by molar-refractivity contribution is 7.80. The lowest BCUT2D eigenvalue weighted by atomic mass is 9.60. The van der Waals surface area contributed by atoms with Gasteiger partial charge in [0.2, 0.25) is 0 Å². The molecule has 3 heteroatoms. The van der Waals surface area contributed by atoms with E-state index in [1.807, 2.05) is 0 Å². The van der Waals surface area contributed by atoms with Gasteiger partial charge in [-0.1, -0.05) is 43.7 Å². The maximum atomic E-state index is 6.29. The monoisotopic (exact) mass is 235 g/mol. The van der Waals surface area contributed by atoms with Gasteiger partial charge < -0.3 is 4.90 Å². The highest BCUT2D eigenvalue weighted by Gasteiger charge is 2.34. The largest absolute Gasteiger partial charge is 0.369 e. The zero-order chi connectivity index (χ0) is 11.8. The van der Waals surface area contributed by atoms with Crippen LogP contribution in [0.3, 0.4) is 0 Å². The first-order chi connectivity index (χ1) is 7.49. The van der Waals surface area contributed by atoms with Crippen LogP contribution in [-0.2, 0) is 0 Å². The van der Waals surface area contributed by atoms with E-state index in [9.17, 15) is 0 Å². The van der Waals surface area contributed by atoms with Crippen molar-refractivity contribution in [1.82, 2.24) is 4.90 Å². The summed E-state index contributed by atoms with van der Waals surface area (Å²) in [5, 5.41) is 0.0654. The molecular weight excluding hydrogens is 213 g/mol. The van der Waals surface area contributed by atoms with Gasteiger partial charge in [0, 0.05) is 19.5 Å². The van der Waals surface area contributed by atoms with Gasteiger partial charge in [0.25, 0.3) is 0 Å². The third kappa shape index (κ3) is 2.61. The quantitative estimate of drug-likeness (QED) is 0.468. The molecule has 1 aliphatic carbocycles. The van der Waals surface area contributed by atoms with E-state index in [-0.39, 0.29) is 5.31 Å². The lowest BCUT2D eigenvalue weighted by Gasteiger charge is -2.42. The molecule has 0 amide bonds. The van der Waals surface area contributed by atoms with Crippen molar-refractivity contribution in [1.29, 1.82) is 0 Å². The number of hydrogen-bond donors (Lipinski definition) is 0. The fraction of sp³-hybridized carbons (Fsp3) is 0.923. The Morgan fingerprint density at radius 1 is 1.31 bits per heavy atom. The maximum absolute atomic E-state index is 6.29. The van der Waals surface area contributed by atoms with E-state index in [1.54, 1.807) is 0 Å². The van der Waals surface area contributed by atoms with Gasteiger partial charge in [0.05, 0.1) is 12.8 Å². The second-order valence-corrected chi connectivity index (χ2v) is 6.42. The molecule has 0 spiro atoms. The van der Waals surface area contributed by atoms with Crippen molar-refractivity contribution in [3.63, 3.8) is 0 Å². The average Bonchev–Trinajstić information content (AvgIpc) is 2.20. The summed E-state index contributed by atoms with van der Waals surface area (Å²) in [7, 11) is 8.43. The Morgan fingerprint density at radius 3 is 2.81 bits per heavy atom. The molecule has 1 heterocycles. The average molecular weight is 235 g/mol. The van der Waals surface area contributed by atoms with Crippen LogP contribution in [0.1, 0.15) is 45.4 Å². The summed E-state index contributed by atoms with van der Waals surface area (Å²) in [5.74, 6) is 1.46. The molecular formula is C13H22BNS. The Kier molecular flexibility index (Phi) is 3.63. The first kappa shape index (κ1) is 12.4. The topological polar surface area (TPSA) is 3.24 Å². The van der Waals surface area contributed by atoms with Crippen molar-refractivity contribution in [2.24, 2.45) is 11.8 Å². The minimum Gasteiger partial charge on any atom is -0.369 e. The third-order valence-corrected chi connectivity index (χ3v) is 5.06. The smallest absolute Gasteiger partial charge is 0.0810 e. The Hall–Kier alpha value is -0.0451. The summed E-state index contributed by atoms with van der Waals surface area (Å²) < 4.78 is 0. The predicted molar refractivity (Wildman–Crippen MR) is 74.0 cm³/mol. The molecule has 1 aliphatic heterocycles. The number of hydrogen-bond acceptors (Lipinski definition) is 1. The number of rotatable bonds is 0. The predicted octanol–water partition coefficient (Wildman–Crippen LogP) is 3.19. The third-order valence-electron chi connectivity index (χ3n) is 4.45. The molecule has 2 fully saturated rings. The zero-order valence-corrected chi connectivity index (χ0v) is 11.4. The van der Waals surface area contributed by atoms with Crippen LogP contribution < -0.4 is 0 Å². The highest BCUT2D eigenvalue weighted by Crippen LogP contribution is 2.43. The summed E-state index contributed by atoms with van der Waals surface area (Å²) in [4.78, 5) is 3.48. The van der Waals surface area contributed by atoms with Gasteiger partial charge in [-0.05, 0) is 25.2 Å². The molecule has 88 valence electrons. The molecule has 3 atom stereocenters. The van der Waals surface area contributed by atoms with Crippen LogP contribution in [-0.4, -0.2) is 31.3 Å². The normalized spacial score (nSPS) is 41.1. The number of likely N-dealkylation sites (tertiary alicyclic amines) is 1. The minimum absolute atomic E-state index is 0.0654. The lowest BCUT2D eigenvalue weighted by Crippen LogP contribution is -2.43. The van der Waals surface area contributed by atoms with Gasteiger partial charge in [-0.25, -0.2) is 0 Å². The van der Waals surface area contributed by atoms with Crippen molar-refractivity contribution in [3.05, 3.63) is 0 Å². The van der Waals surface area contributed by atoms with E-state index >= 15 is 0 Å². The zero-order valence-electron chi connectivity index (χ0n) is 10.5. The summed E-state index contributed by atoms with van der Waals surface area (Å²) in [6.07, 6.45) is 7.38. The Balaban J connectivity index is 2.05. The Bertz CT molecular complexity index is 277. The van der Waals surface area contributed by atoms with Crippen LogP contribution in [0.2, 0.25) is 5.31 Å². The molecule has 0 bridgehead atoms. The second kappa shape index (κ2) is 4.68. The number of nitrogens with zero attached hydrogens (tertiary/aromatic N) is 1. The maximum Gasteiger partial charge on any atom is 0.0810 e. The van der Waals surface area contributed by atoms with Gasteiger partial charge in [-0.2, -0.15) is 0 Å². The van der Waals surface area contributed by atoms with Crippen LogP contribution in [0.25, 0.3) is 0 Å². The summed E-state index contributed by atoms with van der Waals surface area (Å²) >= 11 is 5.58. The molecule has 0 aromatic carbocycles. The van der Waals surface area contributed by atoms with E-state index in [0.29, 0.717) is 5.92 Å². The summed E-state index contributed by atoms with van der Waals surface area (Å²) in [5.41, 5.74) is 0. The molecule has 0 aromatic rings. The molecule has 2 rings (SSSR count). The molecule has 0 aromatic heterocycles. The van der Waals surface area contributed by atoms with Gasteiger partial charge in [-0.15, -0.1) is 0 Å². The van der Waals surface area contributed by atoms with Crippen LogP contribution >= 0.6 is 12.2 Å². The minimum atomic E-state index is 0.0654. The van der Waals surface area contributed by atoms with E-state index < -0.39 is 0 Å². The van der Waals surface area contributed by atoms with Crippen LogP contribution in [0, 0.1) is 11.8 Å². The summed E-state index contributed by atoms with van der Waals surface area (Å²) in [6, 6.07) is 0. The second-order valence-electron chi connectivity index (χ2n) is 6.00. The fourth-order valence-electron chi connectivity index (χ4n) is 3.23.